The van der Waals surface area contributed by atoms with Crippen LogP contribution < -0.4 is 11.1 Å². The number of nitrogens with one attached hydrogen (secondary N) is 1. The molecule has 4 N–H and O–H groups in total. The maximum Gasteiger partial charge on any atom is 0.223 e. The van der Waals surface area contributed by atoms with E-state index in [-0.39, 0.29) is 17.9 Å². The van der Waals surface area contributed by atoms with E-state index in [4.69, 9.17) is 5.73 Å². The number of amides is 1. The molecule has 0 aliphatic heterocycles. The molecule has 0 radical (unpaired) electrons. The van der Waals surface area contributed by atoms with Crippen molar-refractivity contribution in [2.24, 2.45) is 11.7 Å². The molecule has 1 saturated carbocycles. The zero-order chi connectivity index (χ0) is 15.1. The highest BCUT2D eigenvalue weighted by Crippen LogP contribution is 2.23. The molecular weight excluding hydrogens is 264 g/mol. The third-order valence-electron chi connectivity index (χ3n) is 4.27. The van der Waals surface area contributed by atoms with Crippen molar-refractivity contribution in [2.45, 2.75) is 50.7 Å². The zero-order valence-electron chi connectivity index (χ0n) is 12.5. The Labute approximate surface area is 126 Å². The van der Waals surface area contributed by atoms with Gasteiger partial charge >= 0.3 is 0 Å². The second-order valence-corrected chi connectivity index (χ2v) is 5.97. The second kappa shape index (κ2) is 8.15. The topological polar surface area (TPSA) is 75.4 Å². The number of carbonyl (C=O) groups excluding carboxylic acids is 1. The van der Waals surface area contributed by atoms with Crippen LogP contribution in [-0.4, -0.2) is 29.7 Å². The first-order valence-corrected chi connectivity index (χ1v) is 7.92. The summed E-state index contributed by atoms with van der Waals surface area (Å²) < 4.78 is 0. The molecular formula is C17H26N2O2. The third-order valence-corrected chi connectivity index (χ3v) is 4.27. The molecule has 0 heterocycles. The molecule has 2 rings (SSSR count). The van der Waals surface area contributed by atoms with Crippen molar-refractivity contribution in [1.82, 2.24) is 5.32 Å². The SMILES string of the molecule is N[C@@H]1CC[C@H](C(=O)NCCCCc2ccccc2)C[C@H]1O. The van der Waals surface area contributed by atoms with Gasteiger partial charge in [-0.2, -0.15) is 0 Å². The maximum atomic E-state index is 12.0. The van der Waals surface area contributed by atoms with Crippen LogP contribution in [0.1, 0.15) is 37.7 Å². The largest absolute Gasteiger partial charge is 0.391 e. The Morgan fingerprint density at radius 1 is 1.24 bits per heavy atom. The van der Waals surface area contributed by atoms with E-state index in [0.29, 0.717) is 13.0 Å². The number of aryl methyl sites for hydroxylation is 1. The summed E-state index contributed by atoms with van der Waals surface area (Å²) >= 11 is 0. The Hall–Kier alpha value is -1.39. The summed E-state index contributed by atoms with van der Waals surface area (Å²) in [5, 5.41) is 12.7. The van der Waals surface area contributed by atoms with E-state index in [1.165, 1.54) is 5.56 Å². The van der Waals surface area contributed by atoms with Gasteiger partial charge in [-0.25, -0.2) is 0 Å². The molecule has 3 atom stereocenters. The van der Waals surface area contributed by atoms with E-state index >= 15 is 0 Å². The minimum absolute atomic E-state index is 0.0701. The number of unbranched alkanes of at least 4 members (excludes halogenated alkanes) is 1. The van der Waals surface area contributed by atoms with E-state index < -0.39 is 6.10 Å². The number of aliphatic hydroxyl groups is 1. The van der Waals surface area contributed by atoms with E-state index in [1.807, 2.05) is 6.07 Å². The van der Waals surface area contributed by atoms with Gasteiger partial charge in [-0.3, -0.25) is 4.79 Å². The van der Waals surface area contributed by atoms with Crippen LogP contribution in [0.15, 0.2) is 30.3 Å². The van der Waals surface area contributed by atoms with Crippen molar-refractivity contribution in [3.63, 3.8) is 0 Å². The minimum Gasteiger partial charge on any atom is -0.391 e. The Balaban J connectivity index is 1.59. The number of rotatable bonds is 6. The summed E-state index contributed by atoms with van der Waals surface area (Å²) in [6, 6.07) is 10.2. The van der Waals surface area contributed by atoms with E-state index in [0.717, 1.165) is 32.1 Å². The number of nitrogens with two attached hydrogens (primary N) is 1. The highest BCUT2D eigenvalue weighted by atomic mass is 16.3. The van der Waals surface area contributed by atoms with Gasteiger partial charge in [0.25, 0.3) is 0 Å². The number of carbonyl (C=O) groups is 1. The average Bonchev–Trinajstić information content (AvgIpc) is 2.50. The fourth-order valence-corrected chi connectivity index (χ4v) is 2.86. The summed E-state index contributed by atoms with van der Waals surface area (Å²) in [5.41, 5.74) is 7.09. The number of hydrogen-bond acceptors (Lipinski definition) is 3. The molecule has 0 spiro atoms. The van der Waals surface area contributed by atoms with Gasteiger partial charge in [0.2, 0.25) is 5.91 Å². The van der Waals surface area contributed by atoms with Crippen molar-refractivity contribution in [3.8, 4) is 0 Å². The van der Waals surface area contributed by atoms with Crippen LogP contribution in [-0.2, 0) is 11.2 Å². The number of benzene rings is 1. The lowest BCUT2D eigenvalue weighted by Gasteiger charge is -2.29. The highest BCUT2D eigenvalue weighted by Gasteiger charge is 2.30. The van der Waals surface area contributed by atoms with Crippen molar-refractivity contribution >= 4 is 5.91 Å². The molecule has 1 amide bonds. The molecule has 1 aromatic rings. The molecule has 0 aromatic heterocycles. The van der Waals surface area contributed by atoms with Gasteiger partial charge < -0.3 is 16.2 Å². The standard InChI is InChI=1S/C17H26N2O2/c18-15-10-9-14(12-16(15)20)17(21)19-11-5-4-8-13-6-2-1-3-7-13/h1-3,6-7,14-16,20H,4-5,8-12,18H2,(H,19,21)/t14-,15+,16+/m0/s1. The fourth-order valence-electron chi connectivity index (χ4n) is 2.86. The molecule has 1 aromatic carbocycles. The number of hydrogen-bond donors (Lipinski definition) is 3. The lowest BCUT2D eigenvalue weighted by Crippen LogP contribution is -2.44. The lowest BCUT2D eigenvalue weighted by molar-refractivity contribution is -0.127. The predicted molar refractivity (Wildman–Crippen MR) is 83.7 cm³/mol. The van der Waals surface area contributed by atoms with Gasteiger partial charge in [-0.05, 0) is 44.1 Å². The van der Waals surface area contributed by atoms with Crippen molar-refractivity contribution in [3.05, 3.63) is 35.9 Å². The molecule has 1 fully saturated rings. The average molecular weight is 290 g/mol. The van der Waals surface area contributed by atoms with Crippen molar-refractivity contribution < 1.29 is 9.90 Å². The lowest BCUT2D eigenvalue weighted by atomic mass is 9.84. The van der Waals surface area contributed by atoms with Crippen LogP contribution >= 0.6 is 0 Å². The normalized spacial score (nSPS) is 25.5. The van der Waals surface area contributed by atoms with Gasteiger partial charge in [0, 0.05) is 18.5 Å². The highest BCUT2D eigenvalue weighted by molar-refractivity contribution is 5.78. The minimum atomic E-state index is -0.535. The molecule has 0 saturated heterocycles. The van der Waals surface area contributed by atoms with Crippen LogP contribution in [0.5, 0.6) is 0 Å². The van der Waals surface area contributed by atoms with E-state index in [9.17, 15) is 9.90 Å². The van der Waals surface area contributed by atoms with Crippen LogP contribution in [0, 0.1) is 5.92 Å². The molecule has 0 bridgehead atoms. The second-order valence-electron chi connectivity index (χ2n) is 5.97. The van der Waals surface area contributed by atoms with Gasteiger partial charge in [0.1, 0.15) is 0 Å². The molecule has 1 aliphatic carbocycles. The Morgan fingerprint density at radius 3 is 2.71 bits per heavy atom. The van der Waals surface area contributed by atoms with Crippen LogP contribution in [0.4, 0.5) is 0 Å². The van der Waals surface area contributed by atoms with Crippen LogP contribution in [0.3, 0.4) is 0 Å². The first kappa shape index (κ1) is 16.0. The summed E-state index contributed by atoms with van der Waals surface area (Å²) in [6.45, 7) is 0.713. The van der Waals surface area contributed by atoms with E-state index in [2.05, 4.69) is 29.6 Å². The molecule has 0 unspecified atom stereocenters. The van der Waals surface area contributed by atoms with E-state index in [1.54, 1.807) is 0 Å². The first-order valence-electron chi connectivity index (χ1n) is 7.92. The molecule has 4 nitrogen and oxygen atoms in total. The quantitative estimate of drug-likeness (QED) is 0.697. The number of aliphatic hydroxyl groups excluding tert-OH is 1. The summed E-state index contributed by atoms with van der Waals surface area (Å²) in [6.07, 6.45) is 4.58. The Bertz CT molecular complexity index is 436. The maximum absolute atomic E-state index is 12.0. The fraction of sp³-hybridized carbons (Fsp3) is 0.588. The van der Waals surface area contributed by atoms with Gasteiger partial charge in [-0.15, -0.1) is 0 Å². The first-order chi connectivity index (χ1) is 10.2. The Morgan fingerprint density at radius 2 is 2.00 bits per heavy atom. The predicted octanol–water partition coefficient (Wildman–Crippen LogP) is 1.61. The monoisotopic (exact) mass is 290 g/mol. The third kappa shape index (κ3) is 5.14. The molecule has 4 heteroatoms. The van der Waals surface area contributed by atoms with Gasteiger partial charge in [0.05, 0.1) is 6.10 Å². The van der Waals surface area contributed by atoms with Crippen LogP contribution in [0.2, 0.25) is 0 Å². The van der Waals surface area contributed by atoms with Crippen LogP contribution in [0.25, 0.3) is 0 Å². The summed E-state index contributed by atoms with van der Waals surface area (Å²) in [7, 11) is 0. The summed E-state index contributed by atoms with van der Waals surface area (Å²) in [4.78, 5) is 12.0. The zero-order valence-corrected chi connectivity index (χ0v) is 12.5. The van der Waals surface area contributed by atoms with Gasteiger partial charge in [-0.1, -0.05) is 30.3 Å². The smallest absolute Gasteiger partial charge is 0.223 e. The van der Waals surface area contributed by atoms with Crippen molar-refractivity contribution in [2.75, 3.05) is 6.54 Å². The molecule has 21 heavy (non-hydrogen) atoms. The Kier molecular flexibility index (Phi) is 6.21. The van der Waals surface area contributed by atoms with Gasteiger partial charge in [0.15, 0.2) is 0 Å². The van der Waals surface area contributed by atoms with Crippen molar-refractivity contribution in [1.29, 1.82) is 0 Å². The summed E-state index contributed by atoms with van der Waals surface area (Å²) in [5.74, 6) is -0.00501. The molecule has 1 aliphatic rings. The molecule has 116 valence electrons.